The van der Waals surface area contributed by atoms with E-state index in [1.807, 2.05) is 0 Å². The van der Waals surface area contributed by atoms with Gasteiger partial charge in [0, 0.05) is 49.8 Å². The van der Waals surface area contributed by atoms with Crippen LogP contribution in [0.2, 0.25) is 0 Å². The predicted octanol–water partition coefficient (Wildman–Crippen LogP) is 1.71. The fraction of sp³-hybridized carbons (Fsp3) is 0.562. The van der Waals surface area contributed by atoms with Gasteiger partial charge in [0.25, 0.3) is 0 Å². The molecule has 2 aliphatic heterocycles. The summed E-state index contributed by atoms with van der Waals surface area (Å²) < 4.78 is 32.9. The molecule has 0 aliphatic carbocycles. The monoisotopic (exact) mass is 416 g/mol. The Kier molecular flexibility index (Phi) is 5.59. The molecule has 2 fully saturated rings. The molecule has 0 aromatic heterocycles. The van der Waals surface area contributed by atoms with Crippen molar-refractivity contribution in [2.75, 3.05) is 39.4 Å². The molecule has 2 heterocycles. The molecule has 0 radical (unpaired) electrons. The number of carbonyl (C=O) groups excluding carboxylic acids is 1. The lowest BCUT2D eigenvalue weighted by atomic mass is 9.98. The van der Waals surface area contributed by atoms with Gasteiger partial charge in [-0.05, 0) is 31.0 Å². The van der Waals surface area contributed by atoms with E-state index in [0.29, 0.717) is 39.4 Å². The third-order valence-corrected chi connectivity index (χ3v) is 6.94. The average molecular weight is 417 g/mol. The summed E-state index contributed by atoms with van der Waals surface area (Å²) in [5.41, 5.74) is 0. The van der Waals surface area contributed by atoms with Gasteiger partial charge in [-0.15, -0.1) is 0 Å². The summed E-state index contributed by atoms with van der Waals surface area (Å²) in [5.74, 6) is 0.157. The van der Waals surface area contributed by atoms with Crippen molar-refractivity contribution in [3.05, 3.63) is 28.7 Å². The summed E-state index contributed by atoms with van der Waals surface area (Å²) >= 11 is 3.31. The van der Waals surface area contributed by atoms with Gasteiger partial charge in [-0.2, -0.15) is 4.31 Å². The molecule has 6 nitrogen and oxygen atoms in total. The summed E-state index contributed by atoms with van der Waals surface area (Å²) in [6.07, 6.45) is 1.52. The van der Waals surface area contributed by atoms with Crippen LogP contribution in [0.4, 0.5) is 0 Å². The number of rotatable bonds is 3. The minimum Gasteiger partial charge on any atom is -0.381 e. The maximum Gasteiger partial charge on any atom is 0.243 e. The van der Waals surface area contributed by atoms with E-state index in [0.717, 1.165) is 17.3 Å². The van der Waals surface area contributed by atoms with Gasteiger partial charge in [-0.1, -0.05) is 22.0 Å². The first kappa shape index (κ1) is 17.8. The van der Waals surface area contributed by atoms with Gasteiger partial charge in [-0.3, -0.25) is 4.79 Å². The van der Waals surface area contributed by atoms with Gasteiger partial charge >= 0.3 is 0 Å². The van der Waals surface area contributed by atoms with E-state index in [-0.39, 0.29) is 16.7 Å². The average Bonchev–Trinajstić information content (AvgIpc) is 2.62. The summed E-state index contributed by atoms with van der Waals surface area (Å²) in [7, 11) is -3.51. The number of nitrogens with zero attached hydrogens (tertiary/aromatic N) is 2. The van der Waals surface area contributed by atoms with Gasteiger partial charge in [-0.25, -0.2) is 8.42 Å². The highest BCUT2D eigenvalue weighted by atomic mass is 79.9. The van der Waals surface area contributed by atoms with Crippen molar-refractivity contribution in [2.45, 2.75) is 17.7 Å². The third kappa shape index (κ3) is 3.82. The molecule has 0 atom stereocenters. The van der Waals surface area contributed by atoms with Crippen LogP contribution in [0, 0.1) is 5.92 Å². The second kappa shape index (κ2) is 7.51. The number of ether oxygens (including phenoxy) is 1. The zero-order valence-corrected chi connectivity index (χ0v) is 15.8. The van der Waals surface area contributed by atoms with Crippen LogP contribution in [0.15, 0.2) is 33.6 Å². The first-order chi connectivity index (χ1) is 11.5. The Balaban J connectivity index is 1.63. The predicted molar refractivity (Wildman–Crippen MR) is 93.0 cm³/mol. The Hall–Kier alpha value is -0.960. The molecule has 2 aliphatic rings. The first-order valence-corrected chi connectivity index (χ1v) is 10.3. The number of carbonyl (C=O) groups is 1. The first-order valence-electron chi connectivity index (χ1n) is 8.11. The lowest BCUT2D eigenvalue weighted by molar-refractivity contribution is -0.139. The quantitative estimate of drug-likeness (QED) is 0.751. The van der Waals surface area contributed by atoms with E-state index in [2.05, 4.69) is 15.9 Å². The molecular formula is C16H21BrN2O4S. The fourth-order valence-electron chi connectivity index (χ4n) is 3.13. The number of piperazine rings is 1. The molecule has 0 unspecified atom stereocenters. The second-order valence-electron chi connectivity index (χ2n) is 6.07. The Morgan fingerprint density at radius 3 is 2.42 bits per heavy atom. The minimum atomic E-state index is -3.51. The van der Waals surface area contributed by atoms with E-state index >= 15 is 0 Å². The van der Waals surface area contributed by atoms with E-state index in [1.54, 1.807) is 29.2 Å². The Labute approximate surface area is 150 Å². The summed E-state index contributed by atoms with van der Waals surface area (Å²) in [4.78, 5) is 14.6. The highest BCUT2D eigenvalue weighted by Gasteiger charge is 2.33. The van der Waals surface area contributed by atoms with E-state index < -0.39 is 10.0 Å². The highest BCUT2D eigenvalue weighted by molar-refractivity contribution is 9.10. The van der Waals surface area contributed by atoms with Crippen LogP contribution in [-0.2, 0) is 19.6 Å². The lowest BCUT2D eigenvalue weighted by Gasteiger charge is -2.36. The number of hydrogen-bond donors (Lipinski definition) is 0. The molecule has 1 amide bonds. The van der Waals surface area contributed by atoms with Gasteiger partial charge in [0.1, 0.15) is 0 Å². The number of halogens is 1. The molecule has 24 heavy (non-hydrogen) atoms. The van der Waals surface area contributed by atoms with Crippen molar-refractivity contribution >= 4 is 31.9 Å². The summed E-state index contributed by atoms with van der Waals surface area (Å²) in [5, 5.41) is 0. The molecule has 0 spiro atoms. The minimum absolute atomic E-state index is 0.0204. The van der Waals surface area contributed by atoms with E-state index in [1.165, 1.54) is 4.31 Å². The fourth-order valence-corrected chi connectivity index (χ4v) is 5.15. The number of sulfonamides is 1. The standard InChI is InChI=1S/C16H21BrN2O4S/c17-14-2-1-3-15(12-14)24(21,22)19-8-6-18(7-9-19)16(20)13-4-10-23-11-5-13/h1-3,12-13H,4-11H2. The number of benzene rings is 1. The highest BCUT2D eigenvalue weighted by Crippen LogP contribution is 2.23. The van der Waals surface area contributed by atoms with E-state index in [9.17, 15) is 13.2 Å². The van der Waals surface area contributed by atoms with Gasteiger partial charge in [0.2, 0.25) is 15.9 Å². The Morgan fingerprint density at radius 2 is 1.79 bits per heavy atom. The molecule has 1 aromatic carbocycles. The molecule has 0 N–H and O–H groups in total. The second-order valence-corrected chi connectivity index (χ2v) is 8.93. The zero-order valence-electron chi connectivity index (χ0n) is 13.4. The maximum absolute atomic E-state index is 12.7. The van der Waals surface area contributed by atoms with Crippen molar-refractivity contribution in [2.24, 2.45) is 5.92 Å². The molecule has 132 valence electrons. The normalized spacial score (nSPS) is 21.0. The van der Waals surface area contributed by atoms with Crippen LogP contribution in [0.5, 0.6) is 0 Å². The van der Waals surface area contributed by atoms with Crippen LogP contribution < -0.4 is 0 Å². The van der Waals surface area contributed by atoms with Crippen molar-refractivity contribution < 1.29 is 17.9 Å². The van der Waals surface area contributed by atoms with Gasteiger partial charge in [0.05, 0.1) is 4.90 Å². The van der Waals surface area contributed by atoms with Crippen molar-refractivity contribution in [1.82, 2.24) is 9.21 Å². The number of amides is 1. The third-order valence-electron chi connectivity index (χ3n) is 4.55. The molecule has 0 saturated carbocycles. The molecule has 3 rings (SSSR count). The van der Waals surface area contributed by atoms with Crippen LogP contribution >= 0.6 is 15.9 Å². The van der Waals surface area contributed by atoms with Crippen LogP contribution in [-0.4, -0.2) is 62.9 Å². The van der Waals surface area contributed by atoms with E-state index in [4.69, 9.17) is 4.74 Å². The topological polar surface area (TPSA) is 66.9 Å². The van der Waals surface area contributed by atoms with Gasteiger partial charge in [0.15, 0.2) is 0 Å². The Bertz CT molecular complexity index is 696. The molecule has 2 saturated heterocycles. The molecular weight excluding hydrogens is 396 g/mol. The van der Waals surface area contributed by atoms with Crippen molar-refractivity contribution in [3.63, 3.8) is 0 Å². The SMILES string of the molecule is O=C(C1CCOCC1)N1CCN(S(=O)(=O)c2cccc(Br)c2)CC1. The summed E-state index contributed by atoms with van der Waals surface area (Å²) in [6, 6.07) is 6.71. The lowest BCUT2D eigenvalue weighted by Crippen LogP contribution is -2.52. The van der Waals surface area contributed by atoms with Gasteiger partial charge < -0.3 is 9.64 Å². The zero-order chi connectivity index (χ0) is 17.2. The molecule has 1 aromatic rings. The maximum atomic E-state index is 12.7. The molecule has 8 heteroatoms. The Morgan fingerprint density at radius 1 is 1.12 bits per heavy atom. The van der Waals surface area contributed by atoms with Crippen LogP contribution in [0.1, 0.15) is 12.8 Å². The smallest absolute Gasteiger partial charge is 0.243 e. The van der Waals surface area contributed by atoms with Crippen LogP contribution in [0.3, 0.4) is 0 Å². The summed E-state index contributed by atoms with van der Waals surface area (Å²) in [6.45, 7) is 2.84. The largest absolute Gasteiger partial charge is 0.381 e. The van der Waals surface area contributed by atoms with Crippen molar-refractivity contribution in [1.29, 1.82) is 0 Å². The number of hydrogen-bond acceptors (Lipinski definition) is 4. The van der Waals surface area contributed by atoms with Crippen LogP contribution in [0.25, 0.3) is 0 Å². The van der Waals surface area contributed by atoms with Crippen molar-refractivity contribution in [3.8, 4) is 0 Å². The molecule has 0 bridgehead atoms.